The molecule has 1 heterocycles. The minimum Gasteiger partial charge on any atom is -0.374 e. The van der Waals surface area contributed by atoms with Crippen LogP contribution < -0.4 is 10.6 Å². The van der Waals surface area contributed by atoms with Crippen LogP contribution in [0.4, 0.5) is 10.8 Å². The summed E-state index contributed by atoms with van der Waals surface area (Å²) in [6.07, 6.45) is 0. The molecule has 2 N–H and O–H groups in total. The molecular formula is C12H12Cl2N4OS. The van der Waals surface area contributed by atoms with E-state index in [1.807, 2.05) is 6.92 Å². The molecule has 20 heavy (non-hydrogen) atoms. The van der Waals surface area contributed by atoms with Crippen LogP contribution in [0.5, 0.6) is 0 Å². The highest BCUT2D eigenvalue weighted by molar-refractivity contribution is 7.15. The van der Waals surface area contributed by atoms with E-state index < -0.39 is 6.04 Å². The van der Waals surface area contributed by atoms with E-state index in [0.29, 0.717) is 20.9 Å². The van der Waals surface area contributed by atoms with Crippen LogP contribution in [0.2, 0.25) is 10.0 Å². The molecule has 0 aliphatic rings. The predicted molar refractivity (Wildman–Crippen MR) is 82.8 cm³/mol. The van der Waals surface area contributed by atoms with Crippen molar-refractivity contribution in [2.75, 3.05) is 10.6 Å². The Morgan fingerprint density at radius 2 is 1.90 bits per heavy atom. The fraction of sp³-hybridized carbons (Fsp3) is 0.250. The molecule has 1 aromatic carbocycles. The fourth-order valence-corrected chi connectivity index (χ4v) is 2.63. The number of halogens is 2. The zero-order valence-corrected chi connectivity index (χ0v) is 13.1. The lowest BCUT2D eigenvalue weighted by molar-refractivity contribution is -0.116. The summed E-state index contributed by atoms with van der Waals surface area (Å²) < 4.78 is 0. The predicted octanol–water partition coefficient (Wildman–Crippen LogP) is 3.59. The van der Waals surface area contributed by atoms with Gasteiger partial charge in [0.05, 0.1) is 0 Å². The number of anilines is 2. The minimum atomic E-state index is -0.464. The van der Waals surface area contributed by atoms with E-state index >= 15 is 0 Å². The summed E-state index contributed by atoms with van der Waals surface area (Å²) in [4.78, 5) is 12.0. The molecule has 0 aliphatic heterocycles. The largest absolute Gasteiger partial charge is 0.374 e. The molecular weight excluding hydrogens is 319 g/mol. The van der Waals surface area contributed by atoms with Gasteiger partial charge in [-0.2, -0.15) is 0 Å². The van der Waals surface area contributed by atoms with Crippen LogP contribution in [0.25, 0.3) is 0 Å². The second-order valence-corrected chi connectivity index (χ2v) is 6.19. The number of benzene rings is 1. The first kappa shape index (κ1) is 15.0. The lowest BCUT2D eigenvalue weighted by Crippen LogP contribution is -2.31. The summed E-state index contributed by atoms with van der Waals surface area (Å²) in [6, 6.07) is 4.57. The molecule has 5 nitrogen and oxygen atoms in total. The Morgan fingerprint density at radius 3 is 2.45 bits per heavy atom. The molecule has 0 unspecified atom stereocenters. The van der Waals surface area contributed by atoms with Crippen molar-refractivity contribution in [3.05, 3.63) is 33.3 Å². The van der Waals surface area contributed by atoms with Crippen LogP contribution >= 0.6 is 34.5 Å². The second kappa shape index (κ2) is 6.39. The summed E-state index contributed by atoms with van der Waals surface area (Å²) in [7, 11) is 0. The fourth-order valence-electron chi connectivity index (χ4n) is 1.51. The van der Waals surface area contributed by atoms with E-state index in [1.165, 1.54) is 11.3 Å². The number of amides is 1. The van der Waals surface area contributed by atoms with Crippen molar-refractivity contribution < 1.29 is 4.79 Å². The molecule has 0 saturated heterocycles. The van der Waals surface area contributed by atoms with Crippen molar-refractivity contribution in [2.24, 2.45) is 0 Å². The van der Waals surface area contributed by atoms with Gasteiger partial charge < -0.3 is 5.32 Å². The summed E-state index contributed by atoms with van der Waals surface area (Å²) in [5.74, 6) is -0.211. The number of aromatic nitrogens is 2. The van der Waals surface area contributed by atoms with Gasteiger partial charge in [-0.05, 0) is 32.0 Å². The average molecular weight is 331 g/mol. The first-order valence-electron chi connectivity index (χ1n) is 5.77. The normalized spacial score (nSPS) is 12.0. The maximum Gasteiger partial charge on any atom is 0.248 e. The SMILES string of the molecule is Cc1nnc(NC(=O)[C@H](C)Nc2cc(Cl)cc(Cl)c2)s1. The smallest absolute Gasteiger partial charge is 0.248 e. The Kier molecular flexibility index (Phi) is 4.80. The number of rotatable bonds is 4. The number of nitrogens with zero attached hydrogens (tertiary/aromatic N) is 2. The Balaban J connectivity index is 2.00. The molecule has 0 fully saturated rings. The molecule has 2 rings (SSSR count). The van der Waals surface area contributed by atoms with Gasteiger partial charge in [-0.15, -0.1) is 10.2 Å². The van der Waals surface area contributed by atoms with Crippen LogP contribution in [0, 0.1) is 6.92 Å². The number of aryl methyl sites for hydroxylation is 1. The molecule has 0 spiro atoms. The number of hydrogen-bond donors (Lipinski definition) is 2. The number of carbonyl (C=O) groups excluding carboxylic acids is 1. The maximum absolute atomic E-state index is 12.0. The Labute approximate surface area is 130 Å². The highest BCUT2D eigenvalue weighted by atomic mass is 35.5. The van der Waals surface area contributed by atoms with E-state index in [0.717, 1.165) is 5.01 Å². The molecule has 0 aliphatic carbocycles. The van der Waals surface area contributed by atoms with Crippen molar-refractivity contribution >= 4 is 51.3 Å². The van der Waals surface area contributed by atoms with Gasteiger partial charge in [0, 0.05) is 15.7 Å². The topological polar surface area (TPSA) is 66.9 Å². The zero-order valence-electron chi connectivity index (χ0n) is 10.8. The van der Waals surface area contributed by atoms with Gasteiger partial charge in [0.15, 0.2) is 0 Å². The standard InChI is InChI=1S/C12H12Cl2N4OS/c1-6(11(19)16-12-18-17-7(2)20-12)15-10-4-8(13)3-9(14)5-10/h3-6,15H,1-2H3,(H,16,18,19)/t6-/m0/s1. The second-order valence-electron chi connectivity index (χ2n) is 4.14. The van der Waals surface area contributed by atoms with Crippen LogP contribution in [0.1, 0.15) is 11.9 Å². The summed E-state index contributed by atoms with van der Waals surface area (Å²) in [5, 5.41) is 15.7. The average Bonchev–Trinajstić information content (AvgIpc) is 2.73. The van der Waals surface area contributed by atoms with Gasteiger partial charge in [-0.3, -0.25) is 10.1 Å². The van der Waals surface area contributed by atoms with Crippen molar-refractivity contribution in [1.29, 1.82) is 0 Å². The van der Waals surface area contributed by atoms with Crippen LogP contribution in [0.3, 0.4) is 0 Å². The third-order valence-corrected chi connectivity index (χ3v) is 3.59. The zero-order chi connectivity index (χ0) is 14.7. The molecule has 1 atom stereocenters. The van der Waals surface area contributed by atoms with Crippen LogP contribution in [-0.2, 0) is 4.79 Å². The molecule has 0 saturated carbocycles. The van der Waals surface area contributed by atoms with Gasteiger partial charge in [0.2, 0.25) is 11.0 Å². The molecule has 0 radical (unpaired) electrons. The van der Waals surface area contributed by atoms with Gasteiger partial charge in [0.25, 0.3) is 0 Å². The summed E-state index contributed by atoms with van der Waals surface area (Å²) in [6.45, 7) is 3.56. The van der Waals surface area contributed by atoms with Crippen molar-refractivity contribution in [3.63, 3.8) is 0 Å². The van der Waals surface area contributed by atoms with Crippen LogP contribution in [0.15, 0.2) is 18.2 Å². The van der Waals surface area contributed by atoms with E-state index in [4.69, 9.17) is 23.2 Å². The first-order chi connectivity index (χ1) is 9.44. The molecule has 2 aromatic rings. The highest BCUT2D eigenvalue weighted by Gasteiger charge is 2.15. The molecule has 1 aromatic heterocycles. The highest BCUT2D eigenvalue weighted by Crippen LogP contribution is 2.23. The molecule has 106 valence electrons. The monoisotopic (exact) mass is 330 g/mol. The van der Waals surface area contributed by atoms with Gasteiger partial charge in [-0.25, -0.2) is 0 Å². The number of nitrogens with one attached hydrogen (secondary N) is 2. The van der Waals surface area contributed by atoms with E-state index in [-0.39, 0.29) is 5.91 Å². The first-order valence-corrected chi connectivity index (χ1v) is 7.35. The quantitative estimate of drug-likeness (QED) is 0.898. The van der Waals surface area contributed by atoms with Crippen molar-refractivity contribution in [2.45, 2.75) is 19.9 Å². The molecule has 0 bridgehead atoms. The van der Waals surface area contributed by atoms with Crippen molar-refractivity contribution in [3.8, 4) is 0 Å². The lowest BCUT2D eigenvalue weighted by atomic mass is 10.2. The van der Waals surface area contributed by atoms with E-state index in [1.54, 1.807) is 25.1 Å². The van der Waals surface area contributed by atoms with Crippen LogP contribution in [-0.4, -0.2) is 22.1 Å². The van der Waals surface area contributed by atoms with Crippen molar-refractivity contribution in [1.82, 2.24) is 10.2 Å². The summed E-state index contributed by atoms with van der Waals surface area (Å²) in [5.41, 5.74) is 0.679. The lowest BCUT2D eigenvalue weighted by Gasteiger charge is -2.14. The van der Waals surface area contributed by atoms with Gasteiger partial charge in [-0.1, -0.05) is 34.5 Å². The Bertz CT molecular complexity index is 611. The van der Waals surface area contributed by atoms with E-state index in [9.17, 15) is 4.79 Å². The van der Waals surface area contributed by atoms with Gasteiger partial charge in [0.1, 0.15) is 11.0 Å². The third kappa shape index (κ3) is 4.06. The number of hydrogen-bond acceptors (Lipinski definition) is 5. The molecule has 1 amide bonds. The maximum atomic E-state index is 12.0. The van der Waals surface area contributed by atoms with E-state index in [2.05, 4.69) is 20.8 Å². The minimum absolute atomic E-state index is 0.211. The molecule has 8 heteroatoms. The summed E-state index contributed by atoms with van der Waals surface area (Å²) >= 11 is 13.1. The van der Waals surface area contributed by atoms with Gasteiger partial charge >= 0.3 is 0 Å². The third-order valence-electron chi connectivity index (χ3n) is 2.40. The number of carbonyl (C=O) groups is 1. The Morgan fingerprint density at radius 1 is 1.25 bits per heavy atom. The Hall–Kier alpha value is -1.37.